The SMILES string of the molecule is COCCn1ncc(Cl)c1C(N)C1COC(C)C1. The Labute approximate surface area is 112 Å². The van der Waals surface area contributed by atoms with Crippen LogP contribution in [-0.4, -0.2) is 36.2 Å². The van der Waals surface area contributed by atoms with Gasteiger partial charge in [-0.1, -0.05) is 11.6 Å². The van der Waals surface area contributed by atoms with Crippen molar-refractivity contribution in [3.8, 4) is 0 Å². The Hall–Kier alpha value is -0.620. The van der Waals surface area contributed by atoms with E-state index in [0.29, 0.717) is 30.7 Å². The van der Waals surface area contributed by atoms with Gasteiger partial charge in [-0.25, -0.2) is 0 Å². The first-order chi connectivity index (χ1) is 8.63. The average Bonchev–Trinajstić information content (AvgIpc) is 2.92. The van der Waals surface area contributed by atoms with E-state index in [1.807, 2.05) is 4.68 Å². The predicted molar refractivity (Wildman–Crippen MR) is 69.6 cm³/mol. The highest BCUT2D eigenvalue weighted by molar-refractivity contribution is 6.31. The summed E-state index contributed by atoms with van der Waals surface area (Å²) in [6, 6.07) is -0.137. The fourth-order valence-electron chi connectivity index (χ4n) is 2.38. The quantitative estimate of drug-likeness (QED) is 0.885. The predicted octanol–water partition coefficient (Wildman–Crippen LogP) is 1.61. The zero-order valence-electron chi connectivity index (χ0n) is 10.8. The second-order valence-corrected chi connectivity index (χ2v) is 5.17. The normalized spacial score (nSPS) is 25.6. The van der Waals surface area contributed by atoms with E-state index in [-0.39, 0.29) is 12.1 Å². The third-order valence-electron chi connectivity index (χ3n) is 3.39. The van der Waals surface area contributed by atoms with E-state index in [0.717, 1.165) is 12.1 Å². The van der Waals surface area contributed by atoms with E-state index in [1.165, 1.54) is 0 Å². The van der Waals surface area contributed by atoms with Crippen molar-refractivity contribution < 1.29 is 9.47 Å². The van der Waals surface area contributed by atoms with Crippen molar-refractivity contribution in [3.05, 3.63) is 16.9 Å². The van der Waals surface area contributed by atoms with Crippen LogP contribution in [0.25, 0.3) is 0 Å². The number of halogens is 1. The number of hydrogen-bond donors (Lipinski definition) is 1. The van der Waals surface area contributed by atoms with Crippen molar-refractivity contribution in [1.82, 2.24) is 9.78 Å². The van der Waals surface area contributed by atoms with Crippen LogP contribution in [0, 0.1) is 5.92 Å². The molecule has 18 heavy (non-hydrogen) atoms. The van der Waals surface area contributed by atoms with E-state index in [1.54, 1.807) is 13.3 Å². The number of nitrogens with zero attached hydrogens (tertiary/aromatic N) is 2. The maximum Gasteiger partial charge on any atom is 0.0834 e. The fraction of sp³-hybridized carbons (Fsp3) is 0.750. The van der Waals surface area contributed by atoms with Crippen LogP contribution in [0.5, 0.6) is 0 Å². The van der Waals surface area contributed by atoms with Crippen LogP contribution in [-0.2, 0) is 16.0 Å². The van der Waals surface area contributed by atoms with Gasteiger partial charge in [-0.05, 0) is 13.3 Å². The van der Waals surface area contributed by atoms with Crippen LogP contribution in [0.1, 0.15) is 25.1 Å². The van der Waals surface area contributed by atoms with Crippen LogP contribution in [0.4, 0.5) is 0 Å². The van der Waals surface area contributed by atoms with Crippen molar-refractivity contribution in [2.75, 3.05) is 20.3 Å². The number of hydrogen-bond acceptors (Lipinski definition) is 4. The molecule has 2 heterocycles. The minimum absolute atomic E-state index is 0.137. The molecule has 1 fully saturated rings. The largest absolute Gasteiger partial charge is 0.383 e. The lowest BCUT2D eigenvalue weighted by molar-refractivity contribution is 0.118. The highest BCUT2D eigenvalue weighted by Crippen LogP contribution is 2.33. The highest BCUT2D eigenvalue weighted by atomic mass is 35.5. The van der Waals surface area contributed by atoms with Crippen molar-refractivity contribution in [3.63, 3.8) is 0 Å². The Balaban J connectivity index is 2.13. The Kier molecular flexibility index (Phi) is 4.61. The zero-order valence-corrected chi connectivity index (χ0v) is 11.6. The molecule has 2 rings (SSSR count). The summed E-state index contributed by atoms with van der Waals surface area (Å²) in [5, 5.41) is 4.87. The molecule has 3 atom stereocenters. The third kappa shape index (κ3) is 2.85. The standard InChI is InChI=1S/C12H20ClN3O2/c1-8-5-9(7-18-8)11(14)12-10(13)6-15-16(12)3-4-17-2/h6,8-9,11H,3-5,7,14H2,1-2H3. The molecule has 0 radical (unpaired) electrons. The highest BCUT2D eigenvalue weighted by Gasteiger charge is 2.31. The monoisotopic (exact) mass is 273 g/mol. The van der Waals surface area contributed by atoms with Crippen molar-refractivity contribution in [2.45, 2.75) is 32.0 Å². The van der Waals surface area contributed by atoms with E-state index in [9.17, 15) is 0 Å². The summed E-state index contributed by atoms with van der Waals surface area (Å²) in [7, 11) is 1.66. The maximum atomic E-state index is 6.31. The molecule has 1 aliphatic heterocycles. The van der Waals surface area contributed by atoms with Crippen molar-refractivity contribution in [2.24, 2.45) is 11.7 Å². The molecule has 0 aliphatic carbocycles. The summed E-state index contributed by atoms with van der Waals surface area (Å²) < 4.78 is 12.5. The molecule has 0 spiro atoms. The molecule has 0 amide bonds. The molecule has 102 valence electrons. The minimum atomic E-state index is -0.137. The molecule has 1 aromatic heterocycles. The van der Waals surface area contributed by atoms with Gasteiger partial charge in [0, 0.05) is 13.0 Å². The summed E-state index contributed by atoms with van der Waals surface area (Å²) in [5.74, 6) is 0.301. The molecule has 5 nitrogen and oxygen atoms in total. The number of rotatable bonds is 5. The van der Waals surface area contributed by atoms with Gasteiger partial charge in [0.05, 0.1) is 48.8 Å². The lowest BCUT2D eigenvalue weighted by Crippen LogP contribution is -2.26. The fourth-order valence-corrected chi connectivity index (χ4v) is 2.65. The van der Waals surface area contributed by atoms with Gasteiger partial charge in [-0.15, -0.1) is 0 Å². The molecular weight excluding hydrogens is 254 g/mol. The van der Waals surface area contributed by atoms with Crippen LogP contribution in [0.2, 0.25) is 5.02 Å². The first-order valence-corrected chi connectivity index (χ1v) is 6.58. The smallest absolute Gasteiger partial charge is 0.0834 e. The van der Waals surface area contributed by atoms with Gasteiger partial charge in [0.1, 0.15) is 0 Å². The van der Waals surface area contributed by atoms with Crippen LogP contribution in [0.15, 0.2) is 6.20 Å². The number of methoxy groups -OCH3 is 1. The molecule has 3 unspecified atom stereocenters. The van der Waals surface area contributed by atoms with Gasteiger partial charge >= 0.3 is 0 Å². The van der Waals surface area contributed by atoms with Crippen LogP contribution in [0.3, 0.4) is 0 Å². The molecule has 0 saturated carbocycles. The van der Waals surface area contributed by atoms with Crippen molar-refractivity contribution in [1.29, 1.82) is 0 Å². The summed E-state index contributed by atoms with van der Waals surface area (Å²) in [6.45, 7) is 4.01. The van der Waals surface area contributed by atoms with Gasteiger partial charge in [0.2, 0.25) is 0 Å². The van der Waals surface area contributed by atoms with Crippen LogP contribution < -0.4 is 5.73 Å². The first kappa shape index (κ1) is 13.8. The molecule has 1 saturated heterocycles. The Morgan fingerprint density at radius 1 is 1.72 bits per heavy atom. The lowest BCUT2D eigenvalue weighted by Gasteiger charge is -2.19. The van der Waals surface area contributed by atoms with E-state index < -0.39 is 0 Å². The van der Waals surface area contributed by atoms with Crippen LogP contribution >= 0.6 is 11.6 Å². The Morgan fingerprint density at radius 3 is 3.11 bits per heavy atom. The molecule has 1 aromatic rings. The molecule has 0 aromatic carbocycles. The lowest BCUT2D eigenvalue weighted by atomic mass is 9.95. The molecule has 0 bridgehead atoms. The van der Waals surface area contributed by atoms with Gasteiger partial charge < -0.3 is 15.2 Å². The number of nitrogens with two attached hydrogens (primary N) is 1. The molecule has 6 heteroatoms. The third-order valence-corrected chi connectivity index (χ3v) is 3.68. The zero-order chi connectivity index (χ0) is 13.1. The summed E-state index contributed by atoms with van der Waals surface area (Å²) >= 11 is 6.19. The molecular formula is C12H20ClN3O2. The molecule has 1 aliphatic rings. The molecule has 2 N–H and O–H groups in total. The van der Waals surface area contributed by atoms with E-state index in [2.05, 4.69) is 12.0 Å². The van der Waals surface area contributed by atoms with Crippen molar-refractivity contribution >= 4 is 11.6 Å². The van der Waals surface area contributed by atoms with Gasteiger partial charge in [-0.3, -0.25) is 4.68 Å². The Bertz CT molecular complexity index is 397. The van der Waals surface area contributed by atoms with Gasteiger partial charge in [0.25, 0.3) is 0 Å². The summed E-state index contributed by atoms with van der Waals surface area (Å²) in [4.78, 5) is 0. The topological polar surface area (TPSA) is 62.3 Å². The van der Waals surface area contributed by atoms with E-state index in [4.69, 9.17) is 26.8 Å². The van der Waals surface area contributed by atoms with Gasteiger partial charge in [0.15, 0.2) is 0 Å². The van der Waals surface area contributed by atoms with E-state index >= 15 is 0 Å². The summed E-state index contributed by atoms with van der Waals surface area (Å²) in [5.41, 5.74) is 7.20. The minimum Gasteiger partial charge on any atom is -0.383 e. The van der Waals surface area contributed by atoms with Gasteiger partial charge in [-0.2, -0.15) is 5.10 Å². The first-order valence-electron chi connectivity index (χ1n) is 6.20. The second-order valence-electron chi connectivity index (χ2n) is 4.76. The summed E-state index contributed by atoms with van der Waals surface area (Å²) in [6.07, 6.45) is 2.88. The second kappa shape index (κ2) is 6.02. The average molecular weight is 274 g/mol. The number of ether oxygens (including phenoxy) is 2. The Morgan fingerprint density at radius 2 is 2.50 bits per heavy atom. The number of aromatic nitrogens is 2. The maximum absolute atomic E-state index is 6.31.